The number of benzene rings is 2. The molecule has 2 aliphatic rings. The molecule has 0 spiro atoms. The number of nitrogens with one attached hydrogen (secondary N) is 2. The van der Waals surface area contributed by atoms with Crippen LogP contribution in [0.3, 0.4) is 0 Å². The fourth-order valence-electron chi connectivity index (χ4n) is 6.44. The van der Waals surface area contributed by atoms with E-state index >= 15 is 0 Å². The number of piperidine rings is 1. The third kappa shape index (κ3) is 7.44. The first-order valence-corrected chi connectivity index (χ1v) is 16.2. The summed E-state index contributed by atoms with van der Waals surface area (Å²) >= 11 is 5.97. The number of amidine groups is 1. The Morgan fingerprint density at radius 1 is 1.09 bits per heavy atom. The molecule has 5 rings (SSSR count). The summed E-state index contributed by atoms with van der Waals surface area (Å²) in [7, 11) is 0. The molecule has 0 bridgehead atoms. The highest BCUT2D eigenvalue weighted by Crippen LogP contribution is 2.40. The average molecular weight is 614 g/mol. The molecule has 8 nitrogen and oxygen atoms in total. The number of hydrogen-bond acceptors (Lipinski definition) is 5. The fourth-order valence-corrected chi connectivity index (χ4v) is 6.73. The SMILES string of the molecule is CCCCc1nc(C2CC2)c(CC(=S)N2CC(C)CC(C)C2)c(=O)n1Cc1ccc(-c2ccccc2C(=N)NC(=O)O)cc1. The van der Waals surface area contributed by atoms with Crippen molar-refractivity contribution in [2.45, 2.75) is 78.2 Å². The van der Waals surface area contributed by atoms with Gasteiger partial charge in [0.05, 0.1) is 17.2 Å². The van der Waals surface area contributed by atoms with E-state index in [-0.39, 0.29) is 11.4 Å². The molecular formula is C35H43N5O3S. The van der Waals surface area contributed by atoms with Crippen LogP contribution in [0, 0.1) is 17.2 Å². The van der Waals surface area contributed by atoms with Crippen LogP contribution in [0.1, 0.15) is 87.0 Å². The van der Waals surface area contributed by atoms with Gasteiger partial charge in [-0.2, -0.15) is 0 Å². The molecule has 3 aromatic rings. The van der Waals surface area contributed by atoms with Crippen LogP contribution in [0.15, 0.2) is 53.3 Å². The van der Waals surface area contributed by atoms with Gasteiger partial charge < -0.3 is 10.0 Å². The lowest BCUT2D eigenvalue weighted by Crippen LogP contribution is -2.43. The maximum atomic E-state index is 14.3. The molecule has 2 unspecified atom stereocenters. The van der Waals surface area contributed by atoms with Crippen LogP contribution in [0.25, 0.3) is 11.1 Å². The van der Waals surface area contributed by atoms with E-state index in [1.807, 2.05) is 41.0 Å². The van der Waals surface area contributed by atoms with E-state index < -0.39 is 6.09 Å². The van der Waals surface area contributed by atoms with E-state index in [1.54, 1.807) is 12.1 Å². The van der Waals surface area contributed by atoms with Crippen molar-refractivity contribution >= 4 is 29.1 Å². The quantitative estimate of drug-likeness (QED) is 0.135. The van der Waals surface area contributed by atoms with Crippen LogP contribution in [0.2, 0.25) is 0 Å². The van der Waals surface area contributed by atoms with Gasteiger partial charge in [-0.05, 0) is 54.2 Å². The number of carbonyl (C=O) groups is 1. The number of hydrogen-bond donors (Lipinski definition) is 3. The first kappa shape index (κ1) is 31.6. The zero-order valence-electron chi connectivity index (χ0n) is 25.9. The molecule has 3 N–H and O–H groups in total. The molecule has 232 valence electrons. The summed E-state index contributed by atoms with van der Waals surface area (Å²) in [6, 6.07) is 15.1. The second kappa shape index (κ2) is 13.8. The van der Waals surface area contributed by atoms with Gasteiger partial charge in [0.2, 0.25) is 0 Å². The van der Waals surface area contributed by atoms with Gasteiger partial charge in [0, 0.05) is 43.0 Å². The Morgan fingerprint density at radius 3 is 2.41 bits per heavy atom. The topological polar surface area (TPSA) is 111 Å². The normalized spacial score (nSPS) is 18.2. The third-order valence-corrected chi connectivity index (χ3v) is 9.08. The molecule has 2 aromatic carbocycles. The summed E-state index contributed by atoms with van der Waals surface area (Å²) in [5, 5.41) is 19.4. The first-order valence-electron chi connectivity index (χ1n) is 15.8. The van der Waals surface area contributed by atoms with Gasteiger partial charge in [-0.25, -0.2) is 9.78 Å². The second-order valence-corrected chi connectivity index (χ2v) is 13.1. The van der Waals surface area contributed by atoms with Crippen LogP contribution in [0.4, 0.5) is 4.79 Å². The Bertz CT molecular complexity index is 1580. The number of aryl methyl sites for hydroxylation is 1. The van der Waals surface area contributed by atoms with E-state index in [0.29, 0.717) is 36.3 Å². The van der Waals surface area contributed by atoms with E-state index in [9.17, 15) is 9.59 Å². The van der Waals surface area contributed by atoms with E-state index in [0.717, 1.165) is 84.0 Å². The van der Waals surface area contributed by atoms with Gasteiger partial charge in [0.25, 0.3) is 5.56 Å². The number of likely N-dealkylation sites (tertiary alicyclic amines) is 1. The van der Waals surface area contributed by atoms with Crippen molar-refractivity contribution in [1.29, 1.82) is 5.41 Å². The van der Waals surface area contributed by atoms with E-state index in [1.165, 1.54) is 6.42 Å². The summed E-state index contributed by atoms with van der Waals surface area (Å²) < 4.78 is 1.86. The second-order valence-electron chi connectivity index (χ2n) is 12.6. The molecule has 1 aromatic heterocycles. The summed E-state index contributed by atoms with van der Waals surface area (Å²) in [6.07, 6.45) is 5.28. The molecule has 9 heteroatoms. The number of nitrogens with zero attached hydrogens (tertiary/aromatic N) is 3. The number of unbranched alkanes of at least 4 members (excludes halogenated alkanes) is 1. The van der Waals surface area contributed by atoms with Gasteiger partial charge in [-0.15, -0.1) is 0 Å². The van der Waals surface area contributed by atoms with Crippen molar-refractivity contribution < 1.29 is 9.90 Å². The maximum Gasteiger partial charge on any atom is 0.410 e. The van der Waals surface area contributed by atoms with Gasteiger partial charge in [-0.3, -0.25) is 20.1 Å². The average Bonchev–Trinajstić information content (AvgIpc) is 3.84. The Balaban J connectivity index is 1.46. The Hall–Kier alpha value is -3.85. The standard InChI is InChI=1S/C35H43N5O3S/c1-4-5-10-30-37-32(26-15-16-26)29(18-31(44)39-19-22(2)17-23(3)20-39)34(41)40(30)21-24-11-13-25(14-12-24)27-8-6-7-9-28(27)33(36)38-35(42)43/h6-9,11-14,22-23,26H,4-5,10,15-21H2,1-3H3,(H2,36,38)(H,42,43). The summed E-state index contributed by atoms with van der Waals surface area (Å²) in [5.41, 5.74) is 4.83. The summed E-state index contributed by atoms with van der Waals surface area (Å²) in [4.78, 5) is 33.8. The van der Waals surface area contributed by atoms with Crippen molar-refractivity contribution in [1.82, 2.24) is 19.8 Å². The molecule has 1 saturated heterocycles. The first-order chi connectivity index (χ1) is 21.1. The van der Waals surface area contributed by atoms with E-state index in [4.69, 9.17) is 27.7 Å². The number of amides is 1. The largest absolute Gasteiger partial charge is 0.465 e. The number of thiocarbonyl (C=S) groups is 1. The highest BCUT2D eigenvalue weighted by Gasteiger charge is 2.32. The van der Waals surface area contributed by atoms with E-state index in [2.05, 4.69) is 31.0 Å². The predicted octanol–water partition coefficient (Wildman–Crippen LogP) is 6.62. The van der Waals surface area contributed by atoms with Crippen LogP contribution in [-0.4, -0.2) is 49.6 Å². The van der Waals surface area contributed by atoms with Crippen molar-refractivity contribution in [3.63, 3.8) is 0 Å². The molecule has 2 atom stereocenters. The number of aromatic nitrogens is 2. The molecule has 44 heavy (non-hydrogen) atoms. The van der Waals surface area contributed by atoms with Gasteiger partial charge in [0.1, 0.15) is 11.7 Å². The Kier molecular flexibility index (Phi) is 9.93. The minimum atomic E-state index is -1.27. The number of rotatable bonds is 10. The maximum absolute atomic E-state index is 14.3. The van der Waals surface area contributed by atoms with Gasteiger partial charge >= 0.3 is 6.09 Å². The fraction of sp³-hybridized carbons (Fsp3) is 0.457. The van der Waals surface area contributed by atoms with Crippen LogP contribution >= 0.6 is 12.2 Å². The molecule has 1 saturated carbocycles. The van der Waals surface area contributed by atoms with Crippen LogP contribution in [0.5, 0.6) is 0 Å². The van der Waals surface area contributed by atoms with Crippen LogP contribution < -0.4 is 10.9 Å². The van der Waals surface area contributed by atoms with Crippen molar-refractivity contribution in [3.8, 4) is 11.1 Å². The lowest BCUT2D eigenvalue weighted by Gasteiger charge is -2.37. The zero-order chi connectivity index (χ0) is 31.4. The monoisotopic (exact) mass is 613 g/mol. The molecule has 0 radical (unpaired) electrons. The van der Waals surface area contributed by atoms with Crippen molar-refractivity contribution in [2.24, 2.45) is 11.8 Å². The third-order valence-electron chi connectivity index (χ3n) is 8.68. The lowest BCUT2D eigenvalue weighted by atomic mass is 9.91. The molecule has 2 heterocycles. The lowest BCUT2D eigenvalue weighted by molar-refractivity contribution is 0.200. The zero-order valence-corrected chi connectivity index (χ0v) is 26.8. The minimum absolute atomic E-state index is 0.0241. The predicted molar refractivity (Wildman–Crippen MR) is 179 cm³/mol. The highest BCUT2D eigenvalue weighted by molar-refractivity contribution is 7.80. The van der Waals surface area contributed by atoms with Crippen LogP contribution in [-0.2, 0) is 19.4 Å². The minimum Gasteiger partial charge on any atom is -0.465 e. The van der Waals surface area contributed by atoms with Crippen molar-refractivity contribution in [3.05, 3.63) is 87.1 Å². The number of carboxylic acid groups (broad SMARTS) is 1. The molecule has 2 fully saturated rings. The Labute approximate surface area is 265 Å². The van der Waals surface area contributed by atoms with Crippen molar-refractivity contribution in [2.75, 3.05) is 13.1 Å². The van der Waals surface area contributed by atoms with Gasteiger partial charge in [-0.1, -0.05) is 87.9 Å². The van der Waals surface area contributed by atoms with Gasteiger partial charge in [0.15, 0.2) is 0 Å². The summed E-state index contributed by atoms with van der Waals surface area (Å²) in [6.45, 7) is 9.00. The molecule has 1 aliphatic carbocycles. The molecule has 1 aliphatic heterocycles. The summed E-state index contributed by atoms with van der Waals surface area (Å²) in [5.74, 6) is 2.18. The molecular weight excluding hydrogens is 570 g/mol. The highest BCUT2D eigenvalue weighted by atomic mass is 32.1. The molecule has 1 amide bonds. The smallest absolute Gasteiger partial charge is 0.410 e. The Morgan fingerprint density at radius 2 is 1.77 bits per heavy atom.